The van der Waals surface area contributed by atoms with Crippen LogP contribution in [0.2, 0.25) is 0 Å². The summed E-state index contributed by atoms with van der Waals surface area (Å²) in [4.78, 5) is 0. The molecule has 2 heteroatoms. The number of rotatable bonds is 6. The van der Waals surface area contributed by atoms with E-state index < -0.39 is 0 Å². The van der Waals surface area contributed by atoms with Crippen LogP contribution in [-0.4, -0.2) is 22.4 Å². The van der Waals surface area contributed by atoms with Gasteiger partial charge in [0.1, 0.15) is 0 Å². The third kappa shape index (κ3) is 5.25. The van der Waals surface area contributed by atoms with Gasteiger partial charge < -0.3 is 10.2 Å². The van der Waals surface area contributed by atoms with E-state index in [1.54, 1.807) is 5.57 Å². The molecule has 3 fully saturated rings. The van der Waals surface area contributed by atoms with Gasteiger partial charge in [0.2, 0.25) is 0 Å². The summed E-state index contributed by atoms with van der Waals surface area (Å²) in [5.41, 5.74) is 4.46. The first kappa shape index (κ1) is 22.8. The summed E-state index contributed by atoms with van der Waals surface area (Å²) in [6, 6.07) is 0. The summed E-state index contributed by atoms with van der Waals surface area (Å²) in [5.74, 6) is 2.56. The van der Waals surface area contributed by atoms with Gasteiger partial charge in [0.05, 0.1) is 12.2 Å². The first-order chi connectivity index (χ1) is 13.7. The van der Waals surface area contributed by atoms with Gasteiger partial charge in [0.15, 0.2) is 0 Å². The number of hydrogen-bond acceptors (Lipinski definition) is 2. The zero-order chi connectivity index (χ0) is 21.2. The monoisotopic (exact) mass is 400 g/mol. The minimum Gasteiger partial charge on any atom is -0.393 e. The average Bonchev–Trinajstić information content (AvgIpc) is 2.99. The third-order valence-corrected chi connectivity index (χ3v) is 8.30. The molecule has 0 bridgehead atoms. The first-order valence-electron chi connectivity index (χ1n) is 12.1. The number of fused-ring (bicyclic) bond motifs is 1. The fourth-order valence-electron chi connectivity index (χ4n) is 6.84. The van der Waals surface area contributed by atoms with Crippen molar-refractivity contribution in [2.75, 3.05) is 0 Å². The molecule has 0 heterocycles. The second-order valence-electron chi connectivity index (χ2n) is 11.0. The van der Waals surface area contributed by atoms with Crippen molar-refractivity contribution in [2.24, 2.45) is 29.1 Å². The number of hydrogen-bond donors (Lipinski definition) is 2. The lowest BCUT2D eigenvalue weighted by Crippen LogP contribution is -2.36. The highest BCUT2D eigenvalue weighted by molar-refractivity contribution is 5.36. The molecule has 3 saturated carbocycles. The van der Waals surface area contributed by atoms with Crippen molar-refractivity contribution in [3.63, 3.8) is 0 Å². The Morgan fingerprint density at radius 1 is 1.10 bits per heavy atom. The van der Waals surface area contributed by atoms with Gasteiger partial charge in [-0.05, 0) is 98.9 Å². The normalized spacial score (nSPS) is 37.9. The van der Waals surface area contributed by atoms with Crippen LogP contribution in [0.5, 0.6) is 0 Å². The smallest absolute Gasteiger partial charge is 0.0583 e. The Bertz CT molecular complexity index is 643. The van der Waals surface area contributed by atoms with Gasteiger partial charge in [-0.15, -0.1) is 0 Å². The number of allylic oxidation sites excluding steroid dienone is 4. The van der Waals surface area contributed by atoms with Gasteiger partial charge >= 0.3 is 0 Å². The maximum Gasteiger partial charge on any atom is 0.0583 e. The molecule has 0 spiro atoms. The average molecular weight is 401 g/mol. The van der Waals surface area contributed by atoms with Crippen LogP contribution < -0.4 is 0 Å². The lowest BCUT2D eigenvalue weighted by molar-refractivity contribution is 0.0571. The van der Waals surface area contributed by atoms with Crippen molar-refractivity contribution in [3.8, 4) is 0 Å². The van der Waals surface area contributed by atoms with Gasteiger partial charge in [-0.2, -0.15) is 0 Å². The Morgan fingerprint density at radius 2 is 1.86 bits per heavy atom. The molecule has 2 N–H and O–H groups in total. The van der Waals surface area contributed by atoms with Crippen molar-refractivity contribution < 1.29 is 10.2 Å². The summed E-state index contributed by atoms with van der Waals surface area (Å²) in [6.45, 7) is 13.5. The predicted octanol–water partition coefficient (Wildman–Crippen LogP) is 6.59. The van der Waals surface area contributed by atoms with Crippen LogP contribution in [0.3, 0.4) is 0 Å². The largest absolute Gasteiger partial charge is 0.393 e. The van der Waals surface area contributed by atoms with Crippen molar-refractivity contribution in [2.45, 2.75) is 104 Å². The molecular formula is C27H44O2. The van der Waals surface area contributed by atoms with E-state index in [2.05, 4.69) is 46.4 Å². The molecule has 0 aromatic heterocycles. The molecule has 0 radical (unpaired) electrons. The molecule has 3 aliphatic rings. The molecule has 2 nitrogen and oxygen atoms in total. The molecular weight excluding hydrogens is 356 g/mol. The van der Waals surface area contributed by atoms with Crippen LogP contribution in [0.15, 0.2) is 35.5 Å². The lowest BCUT2D eigenvalue weighted by Gasteiger charge is -2.44. The topological polar surface area (TPSA) is 40.5 Å². The van der Waals surface area contributed by atoms with Crippen LogP contribution in [0, 0.1) is 29.1 Å². The van der Waals surface area contributed by atoms with Gasteiger partial charge in [-0.25, -0.2) is 0 Å². The van der Waals surface area contributed by atoms with E-state index in [4.69, 9.17) is 0 Å². The van der Waals surface area contributed by atoms with E-state index in [1.807, 2.05) is 0 Å². The van der Waals surface area contributed by atoms with E-state index in [0.29, 0.717) is 23.2 Å². The van der Waals surface area contributed by atoms with Crippen LogP contribution in [0.1, 0.15) is 91.9 Å². The van der Waals surface area contributed by atoms with Crippen LogP contribution in [0.4, 0.5) is 0 Å². The lowest BCUT2D eigenvalue weighted by atomic mass is 9.60. The Kier molecular flexibility index (Phi) is 7.49. The minimum atomic E-state index is -0.198. The molecule has 0 aliphatic heterocycles. The fourth-order valence-corrected chi connectivity index (χ4v) is 6.84. The van der Waals surface area contributed by atoms with Crippen LogP contribution >= 0.6 is 0 Å². The summed E-state index contributed by atoms with van der Waals surface area (Å²) in [5, 5.41) is 20.5. The van der Waals surface area contributed by atoms with E-state index in [0.717, 1.165) is 38.0 Å². The number of aliphatic hydroxyl groups is 2. The van der Waals surface area contributed by atoms with Crippen LogP contribution in [0.25, 0.3) is 0 Å². The van der Waals surface area contributed by atoms with Gasteiger partial charge in [0.25, 0.3) is 0 Å². The molecule has 164 valence electrons. The Balaban J connectivity index is 1.71. The third-order valence-electron chi connectivity index (χ3n) is 8.30. The quantitative estimate of drug-likeness (QED) is 0.528. The Labute approximate surface area is 179 Å². The van der Waals surface area contributed by atoms with Gasteiger partial charge in [0, 0.05) is 0 Å². The van der Waals surface area contributed by atoms with Crippen molar-refractivity contribution in [1.82, 2.24) is 0 Å². The predicted molar refractivity (Wildman–Crippen MR) is 123 cm³/mol. The zero-order valence-corrected chi connectivity index (χ0v) is 19.3. The van der Waals surface area contributed by atoms with Crippen LogP contribution in [-0.2, 0) is 0 Å². The Morgan fingerprint density at radius 3 is 2.59 bits per heavy atom. The summed E-state index contributed by atoms with van der Waals surface area (Å²) in [6.07, 6.45) is 15.2. The van der Waals surface area contributed by atoms with E-state index >= 15 is 0 Å². The van der Waals surface area contributed by atoms with Crippen molar-refractivity contribution >= 4 is 0 Å². The Hall–Kier alpha value is -0.860. The second kappa shape index (κ2) is 9.52. The summed E-state index contributed by atoms with van der Waals surface area (Å²) in [7, 11) is 0. The highest BCUT2D eigenvalue weighted by atomic mass is 16.3. The standard InChI is InChI=1S/C27H44O2/c1-18(2)15-24(29)16-20(4)25-12-13-26-21(7-6-14-27(25,26)5)9-10-22-17-23(28)11-8-19(22)3/h9-10,18,20,23-26,28-29H,3,6-8,11-17H2,1-2,4-5H3/t20-,23+,24?,25-,26?,27-/m1/s1. The van der Waals surface area contributed by atoms with E-state index in [-0.39, 0.29) is 12.2 Å². The summed E-state index contributed by atoms with van der Waals surface area (Å²) < 4.78 is 0. The highest BCUT2D eigenvalue weighted by Gasteiger charge is 2.50. The molecule has 0 aromatic rings. The molecule has 3 aliphatic carbocycles. The number of aliphatic hydroxyl groups excluding tert-OH is 2. The summed E-state index contributed by atoms with van der Waals surface area (Å²) >= 11 is 0. The first-order valence-corrected chi connectivity index (χ1v) is 12.1. The van der Waals surface area contributed by atoms with Gasteiger partial charge in [-0.1, -0.05) is 57.6 Å². The molecule has 0 amide bonds. The maximum absolute atomic E-state index is 10.5. The fraction of sp³-hybridized carbons (Fsp3) is 0.778. The van der Waals surface area contributed by atoms with E-state index in [1.165, 1.54) is 43.3 Å². The van der Waals surface area contributed by atoms with E-state index in [9.17, 15) is 10.2 Å². The molecule has 3 rings (SSSR count). The van der Waals surface area contributed by atoms with Gasteiger partial charge in [-0.3, -0.25) is 0 Å². The molecule has 0 aromatic carbocycles. The second-order valence-corrected chi connectivity index (χ2v) is 11.0. The molecule has 29 heavy (non-hydrogen) atoms. The highest BCUT2D eigenvalue weighted by Crippen LogP contribution is 2.60. The maximum atomic E-state index is 10.5. The molecule has 2 unspecified atom stereocenters. The van der Waals surface area contributed by atoms with Crippen molar-refractivity contribution in [3.05, 3.63) is 35.5 Å². The minimum absolute atomic E-state index is 0.153. The SMILES string of the molecule is C=C1CC[C@H](O)CC1=CC=C1CCC[C@@]2(C)C1CC[C@@H]2[C@H](C)CC(O)CC(C)C. The zero-order valence-electron chi connectivity index (χ0n) is 19.3. The molecule has 0 saturated heterocycles. The molecule has 6 atom stereocenters. The van der Waals surface area contributed by atoms with Crippen molar-refractivity contribution in [1.29, 1.82) is 0 Å².